The number of aromatic nitrogens is 1. The Balaban J connectivity index is 3.35. The van der Waals surface area contributed by atoms with Crippen molar-refractivity contribution in [3.05, 3.63) is 17.7 Å². The molecule has 0 aliphatic carbocycles. The van der Waals surface area contributed by atoms with Crippen molar-refractivity contribution in [2.75, 3.05) is 5.73 Å². The number of nitrogens with zero attached hydrogens (tertiary/aromatic N) is 1. The van der Waals surface area contributed by atoms with Crippen LogP contribution >= 0.6 is 0 Å². The zero-order chi connectivity index (χ0) is 10.9. The number of sulfonamides is 1. The number of rotatable bonds is 2. The highest BCUT2D eigenvalue weighted by molar-refractivity contribution is 7.89. The zero-order valence-electron chi connectivity index (χ0n) is 6.81. The van der Waals surface area contributed by atoms with Gasteiger partial charge < -0.3 is 5.73 Å². The van der Waals surface area contributed by atoms with E-state index in [-0.39, 0.29) is 5.82 Å². The van der Waals surface area contributed by atoms with Gasteiger partial charge in [-0.3, -0.25) is 0 Å². The molecule has 1 rings (SSSR count). The van der Waals surface area contributed by atoms with Crippen molar-refractivity contribution < 1.29 is 17.2 Å². The molecule has 5 nitrogen and oxygen atoms in total. The van der Waals surface area contributed by atoms with Gasteiger partial charge in [-0.25, -0.2) is 27.3 Å². The van der Waals surface area contributed by atoms with Crippen LogP contribution in [0.1, 0.15) is 12.0 Å². The van der Waals surface area contributed by atoms with Gasteiger partial charge in [0.05, 0.1) is 0 Å². The fourth-order valence-corrected chi connectivity index (χ4v) is 1.35. The lowest BCUT2D eigenvalue weighted by Crippen LogP contribution is -2.15. The molecule has 0 spiro atoms. The third-order valence-electron chi connectivity index (χ3n) is 1.39. The average Bonchev–Trinajstić information content (AvgIpc) is 2.01. The Morgan fingerprint density at radius 1 is 1.36 bits per heavy atom. The van der Waals surface area contributed by atoms with E-state index in [4.69, 9.17) is 10.9 Å². The molecule has 8 heteroatoms. The monoisotopic (exact) mass is 223 g/mol. The Labute approximate surface area is 78.8 Å². The highest BCUT2D eigenvalue weighted by Crippen LogP contribution is 2.22. The molecule has 0 aliphatic rings. The Morgan fingerprint density at radius 3 is 2.36 bits per heavy atom. The second-order valence-corrected chi connectivity index (χ2v) is 4.02. The van der Waals surface area contributed by atoms with Crippen LogP contribution in [0.15, 0.2) is 17.2 Å². The van der Waals surface area contributed by atoms with Gasteiger partial charge >= 0.3 is 0 Å². The summed E-state index contributed by atoms with van der Waals surface area (Å²) in [5, 5.41) is 4.04. The number of primary sulfonamides is 1. The molecule has 0 amide bonds. The second-order valence-electron chi connectivity index (χ2n) is 2.51. The molecule has 1 heterocycles. The highest BCUT2D eigenvalue weighted by atomic mass is 32.2. The zero-order valence-corrected chi connectivity index (χ0v) is 7.63. The molecule has 78 valence electrons. The van der Waals surface area contributed by atoms with Crippen molar-refractivity contribution in [1.29, 1.82) is 0 Å². The summed E-state index contributed by atoms with van der Waals surface area (Å²) < 4.78 is 45.9. The Hall–Kier alpha value is -1.28. The van der Waals surface area contributed by atoms with Crippen LogP contribution in [0.5, 0.6) is 0 Å². The number of alkyl halides is 2. The number of hydrogen-bond donors (Lipinski definition) is 2. The fraction of sp³-hybridized carbons (Fsp3) is 0.167. The van der Waals surface area contributed by atoms with E-state index < -0.39 is 27.0 Å². The summed E-state index contributed by atoms with van der Waals surface area (Å²) in [6.45, 7) is 0. The van der Waals surface area contributed by atoms with Crippen LogP contribution < -0.4 is 10.9 Å². The second kappa shape index (κ2) is 3.46. The molecule has 14 heavy (non-hydrogen) atoms. The molecule has 0 saturated heterocycles. The molecule has 0 bridgehead atoms. The maximum atomic E-state index is 12.2. The molecule has 0 atom stereocenters. The third-order valence-corrected chi connectivity index (χ3v) is 2.18. The first-order valence-electron chi connectivity index (χ1n) is 3.39. The minimum atomic E-state index is -4.11. The summed E-state index contributed by atoms with van der Waals surface area (Å²) >= 11 is 0. The molecular weight excluding hydrogens is 216 g/mol. The quantitative estimate of drug-likeness (QED) is 0.750. The number of pyridine rings is 1. The van der Waals surface area contributed by atoms with E-state index in [1.165, 1.54) is 0 Å². The molecule has 1 aromatic rings. The predicted molar refractivity (Wildman–Crippen MR) is 45.0 cm³/mol. The summed E-state index contributed by atoms with van der Waals surface area (Å²) in [6, 6.07) is 1.58. The minimum Gasteiger partial charge on any atom is -0.384 e. The molecular formula is C6H7F2N3O2S. The lowest BCUT2D eigenvalue weighted by atomic mass is 10.3. The largest absolute Gasteiger partial charge is 0.384 e. The van der Waals surface area contributed by atoms with Gasteiger partial charge in [0.2, 0.25) is 0 Å². The van der Waals surface area contributed by atoms with Crippen LogP contribution in [0.3, 0.4) is 0 Å². The summed E-state index contributed by atoms with van der Waals surface area (Å²) in [4.78, 5) is 3.32. The topological polar surface area (TPSA) is 99.1 Å². The molecule has 0 unspecified atom stereocenters. The van der Waals surface area contributed by atoms with Crippen molar-refractivity contribution in [3.8, 4) is 0 Å². The van der Waals surface area contributed by atoms with E-state index in [1.54, 1.807) is 0 Å². The summed E-state index contributed by atoms with van der Waals surface area (Å²) in [7, 11) is -4.11. The van der Waals surface area contributed by atoms with Gasteiger partial charge in [0, 0.05) is 5.56 Å². The van der Waals surface area contributed by atoms with Crippen molar-refractivity contribution in [3.63, 3.8) is 0 Å². The van der Waals surface area contributed by atoms with Crippen LogP contribution in [-0.4, -0.2) is 13.4 Å². The Morgan fingerprint density at radius 2 is 1.93 bits per heavy atom. The number of halogens is 2. The normalized spacial score (nSPS) is 12.0. The van der Waals surface area contributed by atoms with Gasteiger partial charge in [-0.15, -0.1) is 0 Å². The van der Waals surface area contributed by atoms with Crippen LogP contribution in [0.25, 0.3) is 0 Å². The fourth-order valence-electron chi connectivity index (χ4n) is 0.819. The van der Waals surface area contributed by atoms with Crippen molar-refractivity contribution in [2.45, 2.75) is 11.5 Å². The van der Waals surface area contributed by atoms with Gasteiger partial charge in [-0.2, -0.15) is 0 Å². The van der Waals surface area contributed by atoms with Crippen molar-refractivity contribution >= 4 is 15.8 Å². The number of nitrogen functional groups attached to an aromatic ring is 1. The first kappa shape index (κ1) is 10.8. The Bertz CT molecular complexity index is 446. The van der Waals surface area contributed by atoms with Crippen LogP contribution in [0.2, 0.25) is 0 Å². The maximum absolute atomic E-state index is 12.2. The van der Waals surface area contributed by atoms with Crippen LogP contribution in [-0.2, 0) is 10.0 Å². The van der Waals surface area contributed by atoms with Crippen LogP contribution in [0.4, 0.5) is 14.6 Å². The van der Waals surface area contributed by atoms with E-state index in [1.807, 2.05) is 0 Å². The van der Waals surface area contributed by atoms with E-state index >= 15 is 0 Å². The minimum absolute atomic E-state index is 0.313. The van der Waals surface area contributed by atoms with Gasteiger partial charge in [-0.1, -0.05) is 0 Å². The molecule has 0 radical (unpaired) electrons. The molecule has 0 fully saturated rings. The standard InChI is InChI=1S/C6H7F2N3O2S/c7-6(8)3-1-4(9)11-5(2-3)14(10,12)13/h1-2,6H,(H2,9,11)(H2,10,12,13). The first-order valence-corrected chi connectivity index (χ1v) is 4.94. The average molecular weight is 223 g/mol. The number of hydrogen-bond acceptors (Lipinski definition) is 4. The van der Waals surface area contributed by atoms with Gasteiger partial charge in [0.15, 0.2) is 5.03 Å². The van der Waals surface area contributed by atoms with E-state index in [9.17, 15) is 17.2 Å². The molecule has 0 aliphatic heterocycles. The third kappa shape index (κ3) is 2.36. The van der Waals surface area contributed by atoms with Gasteiger partial charge in [-0.05, 0) is 12.1 Å². The van der Waals surface area contributed by atoms with E-state index in [0.29, 0.717) is 6.07 Å². The first-order chi connectivity index (χ1) is 6.30. The summed E-state index contributed by atoms with van der Waals surface area (Å²) in [5.41, 5.74) is 4.60. The van der Waals surface area contributed by atoms with Crippen molar-refractivity contribution in [1.82, 2.24) is 4.98 Å². The van der Waals surface area contributed by atoms with Crippen molar-refractivity contribution in [2.24, 2.45) is 5.14 Å². The lowest BCUT2D eigenvalue weighted by Gasteiger charge is -2.03. The SMILES string of the molecule is Nc1cc(C(F)F)cc(S(N)(=O)=O)n1. The predicted octanol–water partition coefficient (Wildman–Crippen LogP) is 0.249. The molecule has 1 aromatic heterocycles. The molecule has 4 N–H and O–H groups in total. The highest BCUT2D eigenvalue weighted by Gasteiger charge is 2.15. The summed E-state index contributed by atoms with van der Waals surface area (Å²) in [5.74, 6) is -0.313. The number of nitrogens with two attached hydrogens (primary N) is 2. The van der Waals surface area contributed by atoms with E-state index in [0.717, 1.165) is 6.07 Å². The van der Waals surface area contributed by atoms with Crippen LogP contribution in [0, 0.1) is 0 Å². The number of anilines is 1. The Kier molecular flexibility index (Phi) is 2.67. The summed E-state index contributed by atoms with van der Waals surface area (Å²) in [6.07, 6.45) is -2.82. The lowest BCUT2D eigenvalue weighted by molar-refractivity contribution is 0.151. The maximum Gasteiger partial charge on any atom is 0.264 e. The van der Waals surface area contributed by atoms with Gasteiger partial charge in [0.1, 0.15) is 5.82 Å². The molecule has 0 aromatic carbocycles. The van der Waals surface area contributed by atoms with E-state index in [2.05, 4.69) is 4.98 Å². The smallest absolute Gasteiger partial charge is 0.264 e. The van der Waals surface area contributed by atoms with Gasteiger partial charge in [0.25, 0.3) is 16.4 Å². The molecule has 0 saturated carbocycles.